The Morgan fingerprint density at radius 3 is 2.24 bits per heavy atom. The molecule has 0 unspecified atom stereocenters. The Bertz CT molecular complexity index is 1210. The number of alkyl halides is 2. The van der Waals surface area contributed by atoms with E-state index in [9.17, 15) is 14.0 Å². The molecule has 1 aliphatic carbocycles. The van der Waals surface area contributed by atoms with Gasteiger partial charge in [0.1, 0.15) is 10.2 Å². The molecule has 3 aromatic rings. The number of anilines is 2. The zero-order valence-corrected chi connectivity index (χ0v) is 20.2. The van der Waals surface area contributed by atoms with E-state index in [2.05, 4.69) is 5.32 Å². The minimum absolute atomic E-state index is 0.320. The fourth-order valence-corrected chi connectivity index (χ4v) is 5.12. The van der Waals surface area contributed by atoms with E-state index in [1.54, 1.807) is 49.5 Å². The number of carbonyl (C=O) groups is 2. The molecular formula is C24H17Cl4FN2O2. The molecule has 170 valence electrons. The third-order valence-electron chi connectivity index (χ3n) is 5.48. The summed E-state index contributed by atoms with van der Waals surface area (Å²) in [4.78, 5) is 27.2. The molecule has 1 fully saturated rings. The van der Waals surface area contributed by atoms with Crippen molar-refractivity contribution in [3.63, 3.8) is 0 Å². The number of carbonyl (C=O) groups excluding carboxylic acids is 2. The average molecular weight is 526 g/mol. The van der Waals surface area contributed by atoms with Crippen LogP contribution in [0, 0.1) is 11.7 Å². The van der Waals surface area contributed by atoms with Crippen LogP contribution in [-0.4, -0.2) is 23.2 Å². The van der Waals surface area contributed by atoms with Gasteiger partial charge >= 0.3 is 0 Å². The molecule has 0 aliphatic heterocycles. The molecule has 9 heteroatoms. The minimum Gasteiger partial charge on any atom is -0.326 e. The summed E-state index contributed by atoms with van der Waals surface area (Å²) < 4.78 is 11.9. The predicted molar refractivity (Wildman–Crippen MR) is 131 cm³/mol. The summed E-state index contributed by atoms with van der Waals surface area (Å²) in [5.74, 6) is -2.31. The highest BCUT2D eigenvalue weighted by atomic mass is 35.5. The molecule has 1 saturated carbocycles. The monoisotopic (exact) mass is 524 g/mol. The topological polar surface area (TPSA) is 49.4 Å². The molecule has 0 aromatic heterocycles. The van der Waals surface area contributed by atoms with Crippen LogP contribution < -0.4 is 10.2 Å². The Morgan fingerprint density at radius 1 is 0.970 bits per heavy atom. The number of nitrogens with one attached hydrogen (secondary N) is 1. The summed E-state index contributed by atoms with van der Waals surface area (Å²) in [7, 11) is 1.58. The van der Waals surface area contributed by atoms with Gasteiger partial charge in [0.25, 0.3) is 5.91 Å². The highest BCUT2D eigenvalue weighted by Crippen LogP contribution is 2.65. The van der Waals surface area contributed by atoms with Crippen LogP contribution >= 0.6 is 46.4 Å². The van der Waals surface area contributed by atoms with Crippen molar-refractivity contribution in [1.82, 2.24) is 0 Å². The molecule has 3 aromatic carbocycles. The van der Waals surface area contributed by atoms with E-state index in [-0.39, 0.29) is 5.91 Å². The van der Waals surface area contributed by atoms with Crippen LogP contribution in [0.5, 0.6) is 0 Å². The second-order valence-electron chi connectivity index (χ2n) is 7.74. The number of amides is 2. The summed E-state index contributed by atoms with van der Waals surface area (Å²) in [6.45, 7) is 0. The maximum Gasteiger partial charge on any atom is 0.258 e. The van der Waals surface area contributed by atoms with E-state index in [1.165, 1.54) is 29.2 Å². The quantitative estimate of drug-likeness (QED) is 0.367. The van der Waals surface area contributed by atoms with Gasteiger partial charge in [0.05, 0.1) is 5.92 Å². The fourth-order valence-electron chi connectivity index (χ4n) is 3.75. The van der Waals surface area contributed by atoms with E-state index in [0.717, 1.165) is 0 Å². The van der Waals surface area contributed by atoms with Gasteiger partial charge in [0, 0.05) is 39.9 Å². The lowest BCUT2D eigenvalue weighted by atomic mass is 10.1. The molecule has 0 heterocycles. The number of hydrogen-bond acceptors (Lipinski definition) is 2. The van der Waals surface area contributed by atoms with Crippen molar-refractivity contribution in [1.29, 1.82) is 0 Å². The van der Waals surface area contributed by atoms with E-state index in [0.29, 0.717) is 32.5 Å². The van der Waals surface area contributed by atoms with Crippen LogP contribution in [0.3, 0.4) is 0 Å². The van der Waals surface area contributed by atoms with Crippen LogP contribution in [0.4, 0.5) is 15.8 Å². The van der Waals surface area contributed by atoms with Gasteiger partial charge in [-0.05, 0) is 66.2 Å². The Balaban J connectivity index is 1.49. The SMILES string of the molecule is CN(C(=O)c1cccc(NC(=O)[C@@H]2[C@@H](c3cc(Cl)cc(Cl)c3)C2(Cl)Cl)c1)c1ccc(F)cc1. The normalized spacial score (nSPS) is 18.5. The third kappa shape index (κ3) is 4.97. The predicted octanol–water partition coefficient (Wildman–Crippen LogP) is 6.94. The Kier molecular flexibility index (Phi) is 6.61. The summed E-state index contributed by atoms with van der Waals surface area (Å²) in [6.07, 6.45) is 0. The Hall–Kier alpha value is -2.31. The van der Waals surface area contributed by atoms with Gasteiger partial charge < -0.3 is 10.2 Å². The van der Waals surface area contributed by atoms with Crippen molar-refractivity contribution in [2.24, 2.45) is 5.92 Å². The van der Waals surface area contributed by atoms with Crippen LogP contribution in [0.15, 0.2) is 66.7 Å². The van der Waals surface area contributed by atoms with E-state index in [1.807, 2.05) is 0 Å². The average Bonchev–Trinajstić information content (AvgIpc) is 3.35. The zero-order chi connectivity index (χ0) is 23.9. The summed E-state index contributed by atoms with van der Waals surface area (Å²) >= 11 is 25.0. The maximum absolute atomic E-state index is 13.2. The molecule has 0 spiro atoms. The first-order valence-electron chi connectivity index (χ1n) is 9.86. The Morgan fingerprint density at radius 2 is 1.61 bits per heavy atom. The van der Waals surface area contributed by atoms with Crippen molar-refractivity contribution in [3.8, 4) is 0 Å². The van der Waals surface area contributed by atoms with Gasteiger partial charge in [-0.3, -0.25) is 9.59 Å². The summed E-state index contributed by atoms with van der Waals surface area (Å²) in [5.41, 5.74) is 1.96. The van der Waals surface area contributed by atoms with E-state index in [4.69, 9.17) is 46.4 Å². The molecule has 0 saturated heterocycles. The molecule has 1 N–H and O–H groups in total. The van der Waals surface area contributed by atoms with Crippen molar-refractivity contribution in [3.05, 3.63) is 93.7 Å². The maximum atomic E-state index is 13.2. The van der Waals surface area contributed by atoms with Crippen molar-refractivity contribution in [2.75, 3.05) is 17.3 Å². The Labute approximate surface area is 210 Å². The lowest BCUT2D eigenvalue weighted by Gasteiger charge is -2.18. The molecule has 1 aliphatic rings. The first-order chi connectivity index (χ1) is 15.6. The fraction of sp³-hybridized carbons (Fsp3) is 0.167. The van der Waals surface area contributed by atoms with Gasteiger partial charge in [-0.15, -0.1) is 23.2 Å². The first kappa shape index (κ1) is 23.8. The van der Waals surface area contributed by atoms with Crippen LogP contribution in [0.25, 0.3) is 0 Å². The van der Waals surface area contributed by atoms with Crippen LogP contribution in [-0.2, 0) is 4.79 Å². The summed E-state index contributed by atoms with van der Waals surface area (Å²) in [6, 6.07) is 17.0. The highest BCUT2D eigenvalue weighted by molar-refractivity contribution is 6.53. The van der Waals surface area contributed by atoms with E-state index >= 15 is 0 Å². The van der Waals surface area contributed by atoms with Crippen molar-refractivity contribution in [2.45, 2.75) is 10.3 Å². The lowest BCUT2D eigenvalue weighted by Crippen LogP contribution is -2.26. The number of rotatable bonds is 5. The smallest absolute Gasteiger partial charge is 0.258 e. The second-order valence-corrected chi connectivity index (χ2v) is 10.1. The third-order valence-corrected chi connectivity index (χ3v) is 6.85. The number of hydrogen-bond donors (Lipinski definition) is 1. The number of halogens is 5. The molecule has 4 nitrogen and oxygen atoms in total. The highest BCUT2D eigenvalue weighted by Gasteiger charge is 2.67. The summed E-state index contributed by atoms with van der Waals surface area (Å²) in [5, 5.41) is 3.62. The van der Waals surface area contributed by atoms with Crippen molar-refractivity contribution < 1.29 is 14.0 Å². The lowest BCUT2D eigenvalue weighted by molar-refractivity contribution is -0.117. The van der Waals surface area contributed by atoms with Gasteiger partial charge in [-0.1, -0.05) is 29.3 Å². The molecule has 2 atom stereocenters. The van der Waals surface area contributed by atoms with Gasteiger partial charge in [-0.25, -0.2) is 4.39 Å². The molecular weight excluding hydrogens is 509 g/mol. The number of benzene rings is 3. The first-order valence-corrected chi connectivity index (χ1v) is 11.4. The molecule has 2 amide bonds. The molecule has 0 radical (unpaired) electrons. The van der Waals surface area contributed by atoms with Gasteiger partial charge in [-0.2, -0.15) is 0 Å². The second kappa shape index (κ2) is 9.15. The van der Waals surface area contributed by atoms with Crippen molar-refractivity contribution >= 4 is 69.6 Å². The van der Waals surface area contributed by atoms with Crippen LogP contribution in [0.1, 0.15) is 21.8 Å². The molecule has 0 bridgehead atoms. The van der Waals surface area contributed by atoms with E-state index < -0.39 is 27.9 Å². The molecule has 33 heavy (non-hydrogen) atoms. The largest absolute Gasteiger partial charge is 0.326 e. The van der Waals surface area contributed by atoms with Gasteiger partial charge in [0.15, 0.2) is 0 Å². The number of nitrogens with zero attached hydrogens (tertiary/aromatic N) is 1. The minimum atomic E-state index is -1.31. The zero-order valence-electron chi connectivity index (χ0n) is 17.2. The van der Waals surface area contributed by atoms with Gasteiger partial charge in [0.2, 0.25) is 5.91 Å². The van der Waals surface area contributed by atoms with Crippen LogP contribution in [0.2, 0.25) is 10.0 Å². The molecule has 4 rings (SSSR count). The standard InChI is InChI=1S/C24H17Cl4FN2O2/c1-31(19-7-5-17(29)6-8-19)23(33)13-3-2-4-18(11-13)30-22(32)21-20(24(21,27)28)14-9-15(25)12-16(26)10-14/h2-12,20-21H,1H3,(H,30,32)/t20-,21+/m1/s1.